The molecule has 1 aliphatic carbocycles. The summed E-state index contributed by atoms with van der Waals surface area (Å²) >= 11 is 14.8. The number of rotatable bonds is 2. The van der Waals surface area contributed by atoms with Crippen LogP contribution in [-0.2, 0) is 0 Å². The molecule has 0 atom stereocenters. The summed E-state index contributed by atoms with van der Waals surface area (Å²) in [5.74, 6) is 1.18. The summed E-state index contributed by atoms with van der Waals surface area (Å²) in [7, 11) is 0. The Morgan fingerprint density at radius 1 is 1.14 bits per heavy atom. The quantitative estimate of drug-likeness (QED) is 0.428. The molecule has 1 aromatic heterocycles. The number of halogens is 3. The van der Waals surface area contributed by atoms with Crippen LogP contribution < -0.4 is 0 Å². The fraction of sp³-hybridized carbons (Fsp3) is 0.375. The lowest BCUT2D eigenvalue weighted by Crippen LogP contribution is -2.04. The normalized spacial score (nSPS) is 15.6. The fourth-order valence-corrected chi connectivity index (χ4v) is 3.81. The van der Waals surface area contributed by atoms with E-state index in [0.29, 0.717) is 16.9 Å². The topological polar surface area (TPSA) is 25.8 Å². The van der Waals surface area contributed by atoms with E-state index in [0.717, 1.165) is 25.4 Å². The van der Waals surface area contributed by atoms with E-state index >= 15 is 0 Å². The Labute approximate surface area is 148 Å². The molecule has 1 aromatic carbocycles. The maximum absolute atomic E-state index is 6.33. The fourth-order valence-electron chi connectivity index (χ4n) is 2.77. The highest BCUT2D eigenvalue weighted by Gasteiger charge is 2.23. The van der Waals surface area contributed by atoms with Gasteiger partial charge in [0.15, 0.2) is 5.82 Å². The van der Waals surface area contributed by atoms with Crippen molar-refractivity contribution in [2.45, 2.75) is 38.5 Å². The molecule has 1 aliphatic rings. The first-order valence-electron chi connectivity index (χ1n) is 7.05. The molecule has 0 radical (unpaired) electrons. The van der Waals surface area contributed by atoms with Crippen molar-refractivity contribution >= 4 is 45.8 Å². The Morgan fingerprint density at radius 3 is 2.52 bits per heavy atom. The predicted molar refractivity (Wildman–Crippen MR) is 96.2 cm³/mol. The SMILES string of the molecule is Cc1ccc(-c2nc(Cl)c(I)c(C3CCCC3)n2)cc1Cl. The van der Waals surface area contributed by atoms with E-state index in [1.54, 1.807) is 0 Å². The molecule has 21 heavy (non-hydrogen) atoms. The lowest BCUT2D eigenvalue weighted by atomic mass is 10.0. The van der Waals surface area contributed by atoms with E-state index in [-0.39, 0.29) is 0 Å². The summed E-state index contributed by atoms with van der Waals surface area (Å²) in [5, 5.41) is 1.27. The molecular formula is C16H15Cl2IN2. The standard InChI is InChI=1S/C16H15Cl2IN2/c1-9-6-7-11(8-12(9)17)16-20-14(10-4-2-3-5-10)13(19)15(18)21-16/h6-8,10H,2-5H2,1H3. The maximum atomic E-state index is 6.33. The first-order valence-corrected chi connectivity index (χ1v) is 8.89. The Kier molecular flexibility index (Phi) is 4.71. The Hall–Kier alpha value is -0.390. The number of benzene rings is 1. The van der Waals surface area contributed by atoms with Crippen LogP contribution in [0.3, 0.4) is 0 Å². The second kappa shape index (κ2) is 6.39. The summed E-state index contributed by atoms with van der Waals surface area (Å²) in [6, 6.07) is 5.90. The molecule has 0 unspecified atom stereocenters. The molecule has 0 aliphatic heterocycles. The Morgan fingerprint density at radius 2 is 1.86 bits per heavy atom. The average molecular weight is 433 g/mol. The van der Waals surface area contributed by atoms with Gasteiger partial charge in [0, 0.05) is 16.5 Å². The van der Waals surface area contributed by atoms with Crippen molar-refractivity contribution < 1.29 is 0 Å². The van der Waals surface area contributed by atoms with Crippen molar-refractivity contribution in [1.29, 1.82) is 0 Å². The molecule has 1 fully saturated rings. The van der Waals surface area contributed by atoms with E-state index < -0.39 is 0 Å². The highest BCUT2D eigenvalue weighted by atomic mass is 127. The zero-order valence-corrected chi connectivity index (χ0v) is 15.3. The van der Waals surface area contributed by atoms with Crippen LogP contribution in [0.1, 0.15) is 42.9 Å². The van der Waals surface area contributed by atoms with Gasteiger partial charge in [0.1, 0.15) is 5.15 Å². The van der Waals surface area contributed by atoms with Crippen LogP contribution in [0.15, 0.2) is 18.2 Å². The van der Waals surface area contributed by atoms with Crippen molar-refractivity contribution in [3.63, 3.8) is 0 Å². The average Bonchev–Trinajstić information content (AvgIpc) is 2.98. The molecule has 1 heterocycles. The summed E-state index contributed by atoms with van der Waals surface area (Å²) in [6.07, 6.45) is 4.93. The largest absolute Gasteiger partial charge is 0.232 e. The second-order valence-electron chi connectivity index (χ2n) is 5.48. The minimum Gasteiger partial charge on any atom is -0.232 e. The molecule has 0 N–H and O–H groups in total. The number of hydrogen-bond acceptors (Lipinski definition) is 2. The molecule has 5 heteroatoms. The van der Waals surface area contributed by atoms with Gasteiger partial charge in [-0.2, -0.15) is 0 Å². The molecule has 0 saturated heterocycles. The minimum absolute atomic E-state index is 0.511. The zero-order valence-electron chi connectivity index (χ0n) is 11.7. The molecule has 2 nitrogen and oxygen atoms in total. The number of nitrogens with zero attached hydrogens (tertiary/aromatic N) is 2. The monoisotopic (exact) mass is 432 g/mol. The molecule has 0 amide bonds. The highest BCUT2D eigenvalue weighted by molar-refractivity contribution is 14.1. The van der Waals surface area contributed by atoms with Gasteiger partial charge in [-0.15, -0.1) is 0 Å². The van der Waals surface area contributed by atoms with Gasteiger partial charge >= 0.3 is 0 Å². The van der Waals surface area contributed by atoms with Crippen LogP contribution in [0, 0.1) is 10.5 Å². The van der Waals surface area contributed by atoms with E-state index in [1.165, 1.54) is 25.7 Å². The van der Waals surface area contributed by atoms with Crippen molar-refractivity contribution in [3.05, 3.63) is 43.2 Å². The van der Waals surface area contributed by atoms with Crippen LogP contribution >= 0.6 is 45.8 Å². The Balaban J connectivity index is 2.08. The van der Waals surface area contributed by atoms with Crippen molar-refractivity contribution in [2.24, 2.45) is 0 Å². The maximum Gasteiger partial charge on any atom is 0.161 e. The van der Waals surface area contributed by atoms with E-state index in [1.807, 2.05) is 25.1 Å². The van der Waals surface area contributed by atoms with Gasteiger partial charge in [-0.25, -0.2) is 9.97 Å². The summed E-state index contributed by atoms with van der Waals surface area (Å²) in [6.45, 7) is 1.98. The van der Waals surface area contributed by atoms with Crippen molar-refractivity contribution in [2.75, 3.05) is 0 Å². The number of aryl methyl sites for hydroxylation is 1. The highest BCUT2D eigenvalue weighted by Crippen LogP contribution is 2.38. The van der Waals surface area contributed by atoms with Gasteiger partial charge in [0.05, 0.1) is 9.26 Å². The van der Waals surface area contributed by atoms with Crippen LogP contribution in [0.5, 0.6) is 0 Å². The van der Waals surface area contributed by atoms with Crippen LogP contribution in [0.2, 0.25) is 10.2 Å². The smallest absolute Gasteiger partial charge is 0.161 e. The summed E-state index contributed by atoms with van der Waals surface area (Å²) in [4.78, 5) is 9.23. The first kappa shape index (κ1) is 15.5. The molecule has 2 aromatic rings. The third-order valence-electron chi connectivity index (χ3n) is 4.01. The van der Waals surface area contributed by atoms with Gasteiger partial charge < -0.3 is 0 Å². The van der Waals surface area contributed by atoms with Crippen molar-refractivity contribution in [3.8, 4) is 11.4 Å². The van der Waals surface area contributed by atoms with Gasteiger partial charge in [0.2, 0.25) is 0 Å². The molecule has 0 bridgehead atoms. The summed E-state index contributed by atoms with van der Waals surface area (Å²) in [5.41, 5.74) is 3.07. The summed E-state index contributed by atoms with van der Waals surface area (Å²) < 4.78 is 0.989. The third-order valence-corrected chi connectivity index (χ3v) is 6.07. The van der Waals surface area contributed by atoms with Crippen LogP contribution in [-0.4, -0.2) is 9.97 Å². The molecular weight excluding hydrogens is 418 g/mol. The van der Waals surface area contributed by atoms with Gasteiger partial charge in [-0.3, -0.25) is 0 Å². The molecule has 3 rings (SSSR count). The second-order valence-corrected chi connectivity index (χ2v) is 7.33. The molecule has 0 spiro atoms. The van der Waals surface area contributed by atoms with Crippen LogP contribution in [0.25, 0.3) is 11.4 Å². The van der Waals surface area contributed by atoms with Crippen LogP contribution in [0.4, 0.5) is 0 Å². The number of aromatic nitrogens is 2. The zero-order chi connectivity index (χ0) is 15.0. The Bertz CT molecular complexity index is 682. The first-order chi connectivity index (χ1) is 10.1. The van der Waals surface area contributed by atoms with E-state index in [4.69, 9.17) is 28.2 Å². The van der Waals surface area contributed by atoms with Gasteiger partial charge in [0.25, 0.3) is 0 Å². The predicted octanol–water partition coefficient (Wildman–Crippen LogP) is 6.02. The minimum atomic E-state index is 0.511. The van der Waals surface area contributed by atoms with Gasteiger partial charge in [-0.05, 0) is 54.0 Å². The van der Waals surface area contributed by atoms with E-state index in [9.17, 15) is 0 Å². The van der Waals surface area contributed by atoms with Gasteiger partial charge in [-0.1, -0.05) is 48.2 Å². The van der Waals surface area contributed by atoms with E-state index in [2.05, 4.69) is 27.6 Å². The molecule has 110 valence electrons. The molecule has 1 saturated carbocycles. The lowest BCUT2D eigenvalue weighted by Gasteiger charge is -2.13. The number of hydrogen-bond donors (Lipinski definition) is 0. The lowest BCUT2D eigenvalue weighted by molar-refractivity contribution is 0.690. The third kappa shape index (κ3) is 3.20. The van der Waals surface area contributed by atoms with Crippen molar-refractivity contribution in [1.82, 2.24) is 9.97 Å².